The van der Waals surface area contributed by atoms with Crippen molar-refractivity contribution in [1.29, 1.82) is 0 Å². The number of rotatable bonds is 7. The number of carbonyl (C=O) groups excluding carboxylic acids is 2. The van der Waals surface area contributed by atoms with Gasteiger partial charge in [0.1, 0.15) is 5.82 Å². The summed E-state index contributed by atoms with van der Waals surface area (Å²) in [5, 5.41) is 8.72. The van der Waals surface area contributed by atoms with Crippen LogP contribution in [0, 0.1) is 6.92 Å². The summed E-state index contributed by atoms with van der Waals surface area (Å²) in [7, 11) is 0. The highest BCUT2D eigenvalue weighted by atomic mass is 16.2. The van der Waals surface area contributed by atoms with Crippen LogP contribution < -0.4 is 10.6 Å². The Morgan fingerprint density at radius 3 is 2.47 bits per heavy atom. The molecule has 4 aromatic heterocycles. The van der Waals surface area contributed by atoms with Crippen molar-refractivity contribution >= 4 is 23.1 Å². The van der Waals surface area contributed by atoms with Crippen LogP contribution >= 0.6 is 0 Å². The van der Waals surface area contributed by atoms with Crippen LogP contribution in [-0.4, -0.2) is 42.2 Å². The number of hydrogen-bond donors (Lipinski definition) is 1. The van der Waals surface area contributed by atoms with Gasteiger partial charge in [0.05, 0.1) is 24.3 Å². The zero-order valence-electron chi connectivity index (χ0n) is 19.9. The molecular formula is C27H25N7O2. The number of anilines is 1. The molecule has 0 aliphatic rings. The second kappa shape index (κ2) is 9.46. The molecular weight excluding hydrogens is 454 g/mol. The Bertz CT molecular complexity index is 1520. The molecule has 2 N–H and O–H groups in total. The Hall–Kier alpha value is -4.79. The summed E-state index contributed by atoms with van der Waals surface area (Å²) in [4.78, 5) is 31.6. The first-order chi connectivity index (χ1) is 17.4. The fraction of sp³-hybridized carbons (Fsp3) is 0.148. The predicted molar refractivity (Wildman–Crippen MR) is 137 cm³/mol. The van der Waals surface area contributed by atoms with Crippen LogP contribution in [0.1, 0.15) is 33.2 Å². The lowest BCUT2D eigenvalue weighted by Gasteiger charge is -2.28. The Labute approximate surface area is 207 Å². The van der Waals surface area contributed by atoms with Crippen LogP contribution in [0.3, 0.4) is 0 Å². The van der Waals surface area contributed by atoms with Gasteiger partial charge in [-0.3, -0.25) is 19.2 Å². The number of fused-ring (bicyclic) bond motifs is 1. The van der Waals surface area contributed by atoms with E-state index < -0.39 is 5.91 Å². The number of hydrogen-bond acceptors (Lipinski definition) is 5. The molecule has 9 nitrogen and oxygen atoms in total. The molecule has 4 heterocycles. The molecule has 0 saturated heterocycles. The number of amides is 2. The Kier molecular flexibility index (Phi) is 6.03. The summed E-state index contributed by atoms with van der Waals surface area (Å²) in [6.45, 7) is 4.45. The van der Waals surface area contributed by atoms with Gasteiger partial charge in [0.15, 0.2) is 0 Å². The van der Waals surface area contributed by atoms with Crippen molar-refractivity contribution in [2.75, 3.05) is 4.90 Å². The first-order valence-electron chi connectivity index (χ1n) is 11.5. The Morgan fingerprint density at radius 1 is 1.00 bits per heavy atom. The topological polar surface area (TPSA) is 111 Å². The maximum Gasteiger partial charge on any atom is 0.259 e. The minimum absolute atomic E-state index is 0.176. The van der Waals surface area contributed by atoms with Crippen LogP contribution in [0.4, 0.5) is 5.82 Å². The Balaban J connectivity index is 1.53. The second-order valence-corrected chi connectivity index (χ2v) is 8.69. The average Bonchev–Trinajstić information content (AvgIpc) is 3.55. The maximum absolute atomic E-state index is 13.9. The van der Waals surface area contributed by atoms with Gasteiger partial charge in [-0.2, -0.15) is 10.2 Å². The third kappa shape index (κ3) is 4.46. The smallest absolute Gasteiger partial charge is 0.259 e. The van der Waals surface area contributed by atoms with Crippen LogP contribution in [0.2, 0.25) is 0 Å². The van der Waals surface area contributed by atoms with Crippen molar-refractivity contribution in [2.45, 2.75) is 26.4 Å². The van der Waals surface area contributed by atoms with Crippen molar-refractivity contribution < 1.29 is 9.59 Å². The average molecular weight is 480 g/mol. The molecule has 0 aliphatic carbocycles. The number of nitrogens with zero attached hydrogens (tertiary/aromatic N) is 6. The first kappa shape index (κ1) is 23.0. The molecule has 1 unspecified atom stereocenters. The molecule has 1 aromatic carbocycles. The van der Waals surface area contributed by atoms with Gasteiger partial charge in [0.25, 0.3) is 5.91 Å². The molecule has 1 atom stereocenters. The third-order valence-electron chi connectivity index (χ3n) is 6.06. The normalized spacial score (nSPS) is 11.9. The van der Waals surface area contributed by atoms with Gasteiger partial charge >= 0.3 is 0 Å². The molecule has 9 heteroatoms. The minimum Gasteiger partial charge on any atom is -0.366 e. The standard InChI is InChI=1S/C27H25N7O2/c1-18-4-9-25(29-15-18)34(19(2)17-32-12-3-11-30-32)27(36)22-10-13-33-24(14-22)23(16-31-33)20-5-7-21(8-6-20)26(28)35/h3-16,19H,17H2,1-2H3,(H2,28,35). The zero-order chi connectivity index (χ0) is 25.2. The highest BCUT2D eigenvalue weighted by Gasteiger charge is 2.26. The molecule has 0 bridgehead atoms. The summed E-state index contributed by atoms with van der Waals surface area (Å²) in [6, 6.07) is 16.0. The number of primary amides is 1. The summed E-state index contributed by atoms with van der Waals surface area (Å²) in [6.07, 6.45) is 8.85. The van der Waals surface area contributed by atoms with Crippen molar-refractivity contribution in [3.63, 3.8) is 0 Å². The van der Waals surface area contributed by atoms with Crippen LogP contribution in [-0.2, 0) is 6.54 Å². The van der Waals surface area contributed by atoms with Gasteiger partial charge in [-0.05, 0) is 61.4 Å². The molecule has 2 amide bonds. The largest absolute Gasteiger partial charge is 0.366 e. The van der Waals surface area contributed by atoms with Crippen LogP contribution in [0.15, 0.2) is 85.6 Å². The fourth-order valence-corrected chi connectivity index (χ4v) is 4.18. The first-order valence-corrected chi connectivity index (χ1v) is 11.5. The molecule has 0 aliphatic heterocycles. The van der Waals surface area contributed by atoms with E-state index in [1.807, 2.05) is 56.4 Å². The van der Waals surface area contributed by atoms with E-state index in [1.54, 1.807) is 57.1 Å². The van der Waals surface area contributed by atoms with E-state index in [0.29, 0.717) is 23.5 Å². The van der Waals surface area contributed by atoms with Crippen molar-refractivity contribution in [3.8, 4) is 11.1 Å². The number of aryl methyl sites for hydroxylation is 1. The highest BCUT2D eigenvalue weighted by molar-refractivity contribution is 6.07. The zero-order valence-corrected chi connectivity index (χ0v) is 19.9. The summed E-state index contributed by atoms with van der Waals surface area (Å²) < 4.78 is 3.52. The predicted octanol–water partition coefficient (Wildman–Crippen LogP) is 3.74. The van der Waals surface area contributed by atoms with E-state index >= 15 is 0 Å². The van der Waals surface area contributed by atoms with Gasteiger partial charge in [-0.1, -0.05) is 18.2 Å². The number of aromatic nitrogens is 5. The minimum atomic E-state index is -0.483. The number of benzene rings is 1. The number of nitrogens with two attached hydrogens (primary N) is 1. The van der Waals surface area contributed by atoms with Gasteiger partial charge in [0, 0.05) is 41.5 Å². The quantitative estimate of drug-likeness (QED) is 0.382. The van der Waals surface area contributed by atoms with Gasteiger partial charge in [0.2, 0.25) is 5.91 Å². The molecule has 0 saturated carbocycles. The lowest BCUT2D eigenvalue weighted by Crippen LogP contribution is -2.42. The van der Waals surface area contributed by atoms with Crippen molar-refractivity contribution in [1.82, 2.24) is 24.4 Å². The van der Waals surface area contributed by atoms with E-state index in [0.717, 1.165) is 22.2 Å². The van der Waals surface area contributed by atoms with Gasteiger partial charge < -0.3 is 5.73 Å². The van der Waals surface area contributed by atoms with Crippen LogP contribution in [0.25, 0.3) is 16.6 Å². The van der Waals surface area contributed by atoms with Gasteiger partial charge in [-0.25, -0.2) is 9.50 Å². The van der Waals surface area contributed by atoms with E-state index in [-0.39, 0.29) is 11.9 Å². The van der Waals surface area contributed by atoms with E-state index in [1.165, 1.54) is 0 Å². The molecule has 0 spiro atoms. The maximum atomic E-state index is 13.9. The number of pyridine rings is 2. The second-order valence-electron chi connectivity index (χ2n) is 8.69. The third-order valence-corrected chi connectivity index (χ3v) is 6.06. The van der Waals surface area contributed by atoms with Crippen LogP contribution in [0.5, 0.6) is 0 Å². The van der Waals surface area contributed by atoms with Gasteiger partial charge in [-0.15, -0.1) is 0 Å². The van der Waals surface area contributed by atoms with E-state index in [4.69, 9.17) is 5.73 Å². The monoisotopic (exact) mass is 479 g/mol. The Morgan fingerprint density at radius 2 is 1.81 bits per heavy atom. The molecule has 0 radical (unpaired) electrons. The fourth-order valence-electron chi connectivity index (χ4n) is 4.18. The lowest BCUT2D eigenvalue weighted by atomic mass is 10.0. The molecule has 5 rings (SSSR count). The molecule has 180 valence electrons. The summed E-state index contributed by atoms with van der Waals surface area (Å²) in [5.41, 5.74) is 9.79. The SMILES string of the molecule is Cc1ccc(N(C(=O)c2ccn3ncc(-c4ccc(C(N)=O)cc4)c3c2)C(C)Cn2cccn2)nc1. The van der Waals surface area contributed by atoms with Crippen molar-refractivity contribution in [2.24, 2.45) is 5.73 Å². The van der Waals surface area contributed by atoms with E-state index in [9.17, 15) is 9.59 Å². The number of carbonyl (C=O) groups is 2. The molecule has 5 aromatic rings. The van der Waals surface area contributed by atoms with Crippen molar-refractivity contribution in [3.05, 3.63) is 102 Å². The lowest BCUT2D eigenvalue weighted by molar-refractivity contribution is 0.0972. The summed E-state index contributed by atoms with van der Waals surface area (Å²) in [5.74, 6) is -0.0889. The molecule has 0 fully saturated rings. The van der Waals surface area contributed by atoms with E-state index in [2.05, 4.69) is 15.2 Å². The molecule has 36 heavy (non-hydrogen) atoms. The summed E-state index contributed by atoms with van der Waals surface area (Å²) >= 11 is 0. The highest BCUT2D eigenvalue weighted by Crippen LogP contribution is 2.27.